The highest BCUT2D eigenvalue weighted by Crippen LogP contribution is 2.40. The Bertz CT molecular complexity index is 1440. The van der Waals surface area contributed by atoms with Crippen molar-refractivity contribution in [3.05, 3.63) is 48.2 Å². The summed E-state index contributed by atoms with van der Waals surface area (Å²) in [6.45, 7) is 13.9. The molecule has 2 atom stereocenters. The Morgan fingerprint density at radius 1 is 1.03 bits per heavy atom. The van der Waals surface area contributed by atoms with E-state index in [0.717, 1.165) is 46.5 Å². The van der Waals surface area contributed by atoms with Crippen LogP contribution >= 0.6 is 0 Å². The molecule has 4 aromatic rings. The van der Waals surface area contributed by atoms with E-state index in [2.05, 4.69) is 89.5 Å². The highest BCUT2D eigenvalue weighted by Gasteiger charge is 2.34. The summed E-state index contributed by atoms with van der Waals surface area (Å²) in [4.78, 5) is 20.0. The van der Waals surface area contributed by atoms with Crippen molar-refractivity contribution in [3.8, 4) is 0 Å². The Hall–Kier alpha value is -2.93. The molecule has 208 valence electrons. The number of nitrogen functional groups attached to an aromatic ring is 1. The summed E-state index contributed by atoms with van der Waals surface area (Å²) in [6, 6.07) is 9.85. The largest absolute Gasteiger partial charge is 0.383 e. The molecule has 2 aliphatic carbocycles. The summed E-state index contributed by atoms with van der Waals surface area (Å²) in [7, 11) is 0. The van der Waals surface area contributed by atoms with Crippen LogP contribution in [0, 0.1) is 17.8 Å². The van der Waals surface area contributed by atoms with E-state index in [9.17, 15) is 0 Å². The molecule has 1 aromatic carbocycles. The molecular weight excluding hydrogens is 482 g/mol. The van der Waals surface area contributed by atoms with Crippen LogP contribution < -0.4 is 5.73 Å². The van der Waals surface area contributed by atoms with E-state index >= 15 is 0 Å². The lowest BCUT2D eigenvalue weighted by atomic mass is 9.72. The normalized spacial score (nSPS) is 23.9. The molecule has 7 nitrogen and oxygen atoms in total. The van der Waals surface area contributed by atoms with Crippen LogP contribution in [0.3, 0.4) is 0 Å². The van der Waals surface area contributed by atoms with Crippen LogP contribution in [0.25, 0.3) is 22.1 Å². The molecule has 0 aliphatic heterocycles. The molecule has 3 heterocycles. The van der Waals surface area contributed by atoms with Crippen LogP contribution in [-0.2, 0) is 11.8 Å². The van der Waals surface area contributed by atoms with Crippen LogP contribution in [0.5, 0.6) is 0 Å². The minimum atomic E-state index is 0.149. The number of hydrogen-bond donors (Lipinski definition) is 2. The average Bonchev–Trinajstić information content (AvgIpc) is 3.59. The van der Waals surface area contributed by atoms with Gasteiger partial charge < -0.3 is 20.2 Å². The summed E-state index contributed by atoms with van der Waals surface area (Å²) in [6.07, 6.45) is 11.2. The van der Waals surface area contributed by atoms with Crippen molar-refractivity contribution in [3.63, 3.8) is 0 Å². The number of hydrogen-bond acceptors (Lipinski definition) is 5. The second-order valence-electron chi connectivity index (χ2n) is 13.7. The lowest BCUT2D eigenvalue weighted by molar-refractivity contribution is 0.0923. The lowest BCUT2D eigenvalue weighted by Gasteiger charge is -2.40. The summed E-state index contributed by atoms with van der Waals surface area (Å²) in [5.74, 6) is 4.02. The number of benzene rings is 1. The summed E-state index contributed by atoms with van der Waals surface area (Å²) in [5.41, 5.74) is 10.8. The summed E-state index contributed by atoms with van der Waals surface area (Å²) < 4.78 is 2.34. The fraction of sp³-hybridized carbons (Fsp3) is 0.594. The molecule has 2 unspecified atom stereocenters. The molecule has 3 N–H and O–H groups in total. The van der Waals surface area contributed by atoms with Crippen molar-refractivity contribution >= 4 is 27.9 Å². The molecule has 0 saturated heterocycles. The zero-order valence-electron chi connectivity index (χ0n) is 24.3. The second-order valence-corrected chi connectivity index (χ2v) is 13.7. The minimum absolute atomic E-state index is 0.149. The van der Waals surface area contributed by atoms with E-state index in [1.54, 1.807) is 6.33 Å². The SMILES string of the molecule is CC(C)N(CC1CC(Cc2nc3cc(C(C)(C)C)ccc3[nH]2)C1)CC1CCC(n2ccc3c(N)ncnc32)C1. The average molecular weight is 528 g/mol. The number of fused-ring (bicyclic) bond motifs is 2. The van der Waals surface area contributed by atoms with Gasteiger partial charge in [0, 0.05) is 37.8 Å². The molecule has 0 bridgehead atoms. The van der Waals surface area contributed by atoms with Gasteiger partial charge in [-0.25, -0.2) is 15.0 Å². The van der Waals surface area contributed by atoms with Crippen LogP contribution in [-0.4, -0.2) is 48.5 Å². The van der Waals surface area contributed by atoms with Gasteiger partial charge in [-0.3, -0.25) is 0 Å². The van der Waals surface area contributed by atoms with E-state index in [1.165, 1.54) is 56.3 Å². The smallest absolute Gasteiger partial charge is 0.145 e. The second kappa shape index (κ2) is 10.2. The third-order valence-corrected chi connectivity index (χ3v) is 9.38. The van der Waals surface area contributed by atoms with Crippen LogP contribution in [0.4, 0.5) is 5.82 Å². The van der Waals surface area contributed by atoms with E-state index < -0.39 is 0 Å². The maximum absolute atomic E-state index is 6.07. The van der Waals surface area contributed by atoms with Crippen molar-refractivity contribution in [1.29, 1.82) is 0 Å². The number of nitrogens with one attached hydrogen (secondary N) is 1. The van der Waals surface area contributed by atoms with Crippen LogP contribution in [0.15, 0.2) is 36.8 Å². The van der Waals surface area contributed by atoms with Gasteiger partial charge in [0.25, 0.3) is 0 Å². The van der Waals surface area contributed by atoms with Gasteiger partial charge in [0.2, 0.25) is 0 Å². The number of nitrogens with two attached hydrogens (primary N) is 1. The number of aromatic amines is 1. The molecule has 2 aliphatic rings. The first kappa shape index (κ1) is 26.3. The lowest BCUT2D eigenvalue weighted by Crippen LogP contribution is -2.42. The Morgan fingerprint density at radius 2 is 1.82 bits per heavy atom. The maximum Gasteiger partial charge on any atom is 0.145 e. The minimum Gasteiger partial charge on any atom is -0.383 e. The van der Waals surface area contributed by atoms with Crippen molar-refractivity contribution in [2.24, 2.45) is 17.8 Å². The van der Waals surface area contributed by atoms with Gasteiger partial charge in [-0.05, 0) is 92.9 Å². The van der Waals surface area contributed by atoms with Gasteiger partial charge in [-0.15, -0.1) is 0 Å². The predicted octanol–water partition coefficient (Wildman–Crippen LogP) is 6.51. The molecule has 0 amide bonds. The molecule has 3 aromatic heterocycles. The monoisotopic (exact) mass is 527 g/mol. The molecule has 39 heavy (non-hydrogen) atoms. The molecule has 6 rings (SSSR count). The van der Waals surface area contributed by atoms with Crippen LogP contribution in [0.1, 0.15) is 84.2 Å². The maximum atomic E-state index is 6.07. The zero-order valence-corrected chi connectivity index (χ0v) is 24.3. The molecule has 7 heteroatoms. The van der Waals surface area contributed by atoms with Gasteiger partial charge >= 0.3 is 0 Å². The van der Waals surface area contributed by atoms with E-state index in [1.807, 2.05) is 0 Å². The Labute approximate surface area is 232 Å². The first-order valence-corrected chi connectivity index (χ1v) is 14.9. The third kappa shape index (κ3) is 5.43. The number of imidazole rings is 1. The zero-order chi connectivity index (χ0) is 27.3. The number of H-pyrrole nitrogens is 1. The summed E-state index contributed by atoms with van der Waals surface area (Å²) in [5, 5.41) is 0.974. The Balaban J connectivity index is 1.01. The fourth-order valence-corrected chi connectivity index (χ4v) is 7.00. The topological polar surface area (TPSA) is 88.7 Å². The van der Waals surface area contributed by atoms with Gasteiger partial charge in [0.1, 0.15) is 23.6 Å². The fourth-order valence-electron chi connectivity index (χ4n) is 7.00. The Kier molecular flexibility index (Phi) is 6.90. The van der Waals surface area contributed by atoms with E-state index in [0.29, 0.717) is 17.9 Å². The Morgan fingerprint density at radius 3 is 2.59 bits per heavy atom. The van der Waals surface area contributed by atoms with Crippen LogP contribution in [0.2, 0.25) is 0 Å². The number of rotatable bonds is 8. The highest BCUT2D eigenvalue weighted by molar-refractivity contribution is 5.86. The van der Waals surface area contributed by atoms with Gasteiger partial charge in [0.05, 0.1) is 16.4 Å². The van der Waals surface area contributed by atoms with Gasteiger partial charge in [-0.2, -0.15) is 0 Å². The van der Waals surface area contributed by atoms with Crippen molar-refractivity contribution < 1.29 is 0 Å². The molecule has 0 radical (unpaired) electrons. The first-order chi connectivity index (χ1) is 18.6. The molecule has 2 saturated carbocycles. The van der Waals surface area contributed by atoms with Crippen molar-refractivity contribution in [2.45, 2.75) is 90.6 Å². The molecular formula is C32H45N7. The van der Waals surface area contributed by atoms with E-state index in [4.69, 9.17) is 10.7 Å². The van der Waals surface area contributed by atoms with Gasteiger partial charge in [0.15, 0.2) is 0 Å². The quantitative estimate of drug-likeness (QED) is 0.273. The number of anilines is 1. The first-order valence-electron chi connectivity index (χ1n) is 14.9. The van der Waals surface area contributed by atoms with Crippen molar-refractivity contribution in [2.75, 3.05) is 18.8 Å². The van der Waals surface area contributed by atoms with Gasteiger partial charge in [-0.1, -0.05) is 26.8 Å². The molecule has 2 fully saturated rings. The third-order valence-electron chi connectivity index (χ3n) is 9.38. The van der Waals surface area contributed by atoms with Crippen molar-refractivity contribution in [1.82, 2.24) is 29.4 Å². The van der Waals surface area contributed by atoms with E-state index in [-0.39, 0.29) is 5.41 Å². The molecule has 0 spiro atoms. The number of aromatic nitrogens is 5. The summed E-state index contributed by atoms with van der Waals surface area (Å²) >= 11 is 0. The standard InChI is InChI=1S/C32H45N7/c1-20(2)38(17-21-6-8-25(14-21)39-11-10-26-30(33)34-19-35-31(26)39)18-23-12-22(13-23)15-29-36-27-9-7-24(32(3,4)5)16-28(27)37-29/h7,9-11,16,19-23,25H,6,8,12-15,17-18H2,1-5H3,(H,36,37)(H2,33,34,35). The highest BCUT2D eigenvalue weighted by atomic mass is 15.2. The number of nitrogens with zero attached hydrogens (tertiary/aromatic N) is 5. The predicted molar refractivity (Wildman–Crippen MR) is 160 cm³/mol.